The van der Waals surface area contributed by atoms with Crippen molar-refractivity contribution in [3.63, 3.8) is 0 Å². The zero-order valence-electron chi connectivity index (χ0n) is 12.4. The van der Waals surface area contributed by atoms with Gasteiger partial charge in [0.05, 0.1) is 5.92 Å². The summed E-state index contributed by atoms with van der Waals surface area (Å²) < 4.78 is 0. The maximum atomic E-state index is 12.0. The summed E-state index contributed by atoms with van der Waals surface area (Å²) in [5.41, 5.74) is 7.67. The van der Waals surface area contributed by atoms with Gasteiger partial charge in [-0.2, -0.15) is 0 Å². The summed E-state index contributed by atoms with van der Waals surface area (Å²) in [6.07, 6.45) is 3.42. The van der Waals surface area contributed by atoms with Crippen LogP contribution in [0.4, 0.5) is 0 Å². The van der Waals surface area contributed by atoms with Crippen molar-refractivity contribution >= 4 is 16.7 Å². The number of hydrogen-bond acceptors (Lipinski definition) is 2. The quantitative estimate of drug-likeness (QED) is 0.798. The minimum Gasteiger partial charge on any atom is -0.369 e. The zero-order valence-corrected chi connectivity index (χ0v) is 12.4. The van der Waals surface area contributed by atoms with Crippen LogP contribution in [0.3, 0.4) is 0 Å². The first-order valence-corrected chi connectivity index (χ1v) is 7.35. The standard InChI is InChI=1S/C19H18N2O/c1-13(18(19(20)22)15-8-5-11-21-12-15)16-10-4-7-14-6-2-3-9-17(14)16/h2-13,18H,1H3,(H2,20,22). The molecule has 2 unspecified atom stereocenters. The molecule has 0 radical (unpaired) electrons. The Hall–Kier alpha value is -2.68. The Morgan fingerprint density at radius 3 is 2.55 bits per heavy atom. The Balaban J connectivity index is 2.10. The molecule has 3 nitrogen and oxygen atoms in total. The molecule has 2 atom stereocenters. The number of fused-ring (bicyclic) bond motifs is 1. The van der Waals surface area contributed by atoms with E-state index in [1.165, 1.54) is 5.39 Å². The van der Waals surface area contributed by atoms with Gasteiger partial charge in [0.25, 0.3) is 0 Å². The van der Waals surface area contributed by atoms with E-state index in [1.807, 2.05) is 37.3 Å². The topological polar surface area (TPSA) is 56.0 Å². The molecule has 0 saturated carbocycles. The van der Waals surface area contributed by atoms with Gasteiger partial charge in [0.15, 0.2) is 0 Å². The average molecular weight is 290 g/mol. The Labute approximate surface area is 129 Å². The van der Waals surface area contributed by atoms with E-state index in [2.05, 4.69) is 29.2 Å². The summed E-state index contributed by atoms with van der Waals surface area (Å²) in [4.78, 5) is 16.2. The summed E-state index contributed by atoms with van der Waals surface area (Å²) in [6, 6.07) is 18.1. The van der Waals surface area contributed by atoms with Crippen LogP contribution >= 0.6 is 0 Å². The van der Waals surface area contributed by atoms with Crippen LogP contribution in [-0.4, -0.2) is 10.9 Å². The zero-order chi connectivity index (χ0) is 15.5. The number of hydrogen-bond donors (Lipinski definition) is 1. The number of amides is 1. The highest BCUT2D eigenvalue weighted by atomic mass is 16.1. The molecule has 1 amide bonds. The number of rotatable bonds is 4. The second-order valence-electron chi connectivity index (χ2n) is 5.52. The highest BCUT2D eigenvalue weighted by molar-refractivity contribution is 5.88. The van der Waals surface area contributed by atoms with Crippen LogP contribution in [0.1, 0.15) is 29.9 Å². The van der Waals surface area contributed by atoms with E-state index in [0.29, 0.717) is 0 Å². The second kappa shape index (κ2) is 5.98. The van der Waals surface area contributed by atoms with Gasteiger partial charge in [0.2, 0.25) is 5.91 Å². The van der Waals surface area contributed by atoms with E-state index >= 15 is 0 Å². The summed E-state index contributed by atoms with van der Waals surface area (Å²) in [5, 5.41) is 2.33. The number of nitrogens with zero attached hydrogens (tertiary/aromatic N) is 1. The summed E-state index contributed by atoms with van der Waals surface area (Å²) in [6.45, 7) is 2.05. The molecule has 2 aromatic carbocycles. The summed E-state index contributed by atoms with van der Waals surface area (Å²) in [7, 11) is 0. The molecule has 1 heterocycles. The molecule has 3 heteroatoms. The first-order valence-electron chi connectivity index (χ1n) is 7.35. The van der Waals surface area contributed by atoms with E-state index in [0.717, 1.165) is 16.5 Å². The number of primary amides is 1. The van der Waals surface area contributed by atoms with Gasteiger partial charge in [-0.05, 0) is 33.9 Å². The number of carbonyl (C=O) groups excluding carboxylic acids is 1. The third-order valence-electron chi connectivity index (χ3n) is 4.16. The monoisotopic (exact) mass is 290 g/mol. The molecule has 0 bridgehead atoms. The lowest BCUT2D eigenvalue weighted by atomic mass is 9.81. The van der Waals surface area contributed by atoms with Crippen molar-refractivity contribution in [3.8, 4) is 0 Å². The van der Waals surface area contributed by atoms with Crippen molar-refractivity contribution in [2.75, 3.05) is 0 Å². The SMILES string of the molecule is CC(c1cccc2ccccc12)C(C(N)=O)c1cccnc1. The van der Waals surface area contributed by atoms with Crippen LogP contribution < -0.4 is 5.73 Å². The number of pyridine rings is 1. The van der Waals surface area contributed by atoms with Gasteiger partial charge in [-0.3, -0.25) is 9.78 Å². The first kappa shape index (κ1) is 14.3. The molecular formula is C19H18N2O. The number of aromatic nitrogens is 1. The van der Waals surface area contributed by atoms with E-state index in [9.17, 15) is 4.79 Å². The summed E-state index contributed by atoms with van der Waals surface area (Å²) >= 11 is 0. The van der Waals surface area contributed by atoms with Gasteiger partial charge in [0.1, 0.15) is 0 Å². The predicted molar refractivity (Wildman–Crippen MR) is 88.5 cm³/mol. The lowest BCUT2D eigenvalue weighted by Gasteiger charge is -2.23. The molecule has 3 rings (SSSR count). The van der Waals surface area contributed by atoms with Crippen molar-refractivity contribution < 1.29 is 4.79 Å². The fourth-order valence-electron chi connectivity index (χ4n) is 3.09. The molecule has 0 aliphatic heterocycles. The molecule has 3 aromatic rings. The van der Waals surface area contributed by atoms with Gasteiger partial charge in [0, 0.05) is 12.4 Å². The Kier molecular flexibility index (Phi) is 3.88. The molecular weight excluding hydrogens is 272 g/mol. The average Bonchev–Trinajstić information content (AvgIpc) is 2.55. The van der Waals surface area contributed by atoms with Crippen molar-refractivity contribution in [1.29, 1.82) is 0 Å². The normalized spacial score (nSPS) is 13.7. The minimum absolute atomic E-state index is 0.0206. The van der Waals surface area contributed by atoms with Gasteiger partial charge < -0.3 is 5.73 Å². The minimum atomic E-state index is -0.389. The largest absolute Gasteiger partial charge is 0.369 e. The maximum Gasteiger partial charge on any atom is 0.225 e. The molecule has 2 N–H and O–H groups in total. The number of benzene rings is 2. The Morgan fingerprint density at radius 2 is 1.82 bits per heavy atom. The first-order chi connectivity index (χ1) is 10.7. The molecule has 0 aliphatic carbocycles. The van der Waals surface area contributed by atoms with Crippen LogP contribution in [0.2, 0.25) is 0 Å². The fraction of sp³-hybridized carbons (Fsp3) is 0.158. The lowest BCUT2D eigenvalue weighted by molar-refractivity contribution is -0.119. The molecule has 1 aromatic heterocycles. The predicted octanol–water partition coefficient (Wildman–Crippen LogP) is 3.61. The van der Waals surface area contributed by atoms with Crippen molar-refractivity contribution in [2.24, 2.45) is 5.73 Å². The van der Waals surface area contributed by atoms with Crippen LogP contribution in [-0.2, 0) is 4.79 Å². The smallest absolute Gasteiger partial charge is 0.225 e. The molecule has 110 valence electrons. The van der Waals surface area contributed by atoms with E-state index in [1.54, 1.807) is 12.4 Å². The second-order valence-corrected chi connectivity index (χ2v) is 5.52. The van der Waals surface area contributed by atoms with Crippen molar-refractivity contribution in [2.45, 2.75) is 18.8 Å². The van der Waals surface area contributed by atoms with Crippen LogP contribution in [0, 0.1) is 0 Å². The maximum absolute atomic E-state index is 12.0. The van der Waals surface area contributed by atoms with Gasteiger partial charge in [-0.1, -0.05) is 55.5 Å². The lowest BCUT2D eigenvalue weighted by Crippen LogP contribution is -2.26. The van der Waals surface area contributed by atoms with E-state index in [-0.39, 0.29) is 17.7 Å². The highest BCUT2D eigenvalue weighted by Crippen LogP contribution is 2.35. The number of carbonyl (C=O) groups is 1. The molecule has 0 saturated heterocycles. The van der Waals surface area contributed by atoms with Crippen LogP contribution in [0.25, 0.3) is 10.8 Å². The molecule has 0 spiro atoms. The van der Waals surface area contributed by atoms with Crippen LogP contribution in [0.5, 0.6) is 0 Å². The van der Waals surface area contributed by atoms with Gasteiger partial charge in [-0.25, -0.2) is 0 Å². The van der Waals surface area contributed by atoms with E-state index < -0.39 is 0 Å². The Bertz CT molecular complexity index is 793. The fourth-order valence-corrected chi connectivity index (χ4v) is 3.09. The van der Waals surface area contributed by atoms with E-state index in [4.69, 9.17) is 5.73 Å². The third kappa shape index (κ3) is 2.58. The Morgan fingerprint density at radius 1 is 1.05 bits per heavy atom. The third-order valence-corrected chi connectivity index (χ3v) is 4.16. The molecule has 0 aliphatic rings. The van der Waals surface area contributed by atoms with Gasteiger partial charge in [-0.15, -0.1) is 0 Å². The molecule has 22 heavy (non-hydrogen) atoms. The van der Waals surface area contributed by atoms with Gasteiger partial charge >= 0.3 is 0 Å². The summed E-state index contributed by atoms with van der Waals surface area (Å²) in [5.74, 6) is -0.735. The van der Waals surface area contributed by atoms with Crippen molar-refractivity contribution in [3.05, 3.63) is 78.1 Å². The number of nitrogens with two attached hydrogens (primary N) is 1. The highest BCUT2D eigenvalue weighted by Gasteiger charge is 2.27. The molecule has 0 fully saturated rings. The van der Waals surface area contributed by atoms with Crippen molar-refractivity contribution in [1.82, 2.24) is 4.98 Å². The van der Waals surface area contributed by atoms with Crippen LogP contribution in [0.15, 0.2) is 67.0 Å².